The highest BCUT2D eigenvalue weighted by Gasteiger charge is 2.19. The van der Waals surface area contributed by atoms with E-state index in [2.05, 4.69) is 32.7 Å². The van der Waals surface area contributed by atoms with Crippen LogP contribution in [0.25, 0.3) is 0 Å². The molecule has 2 aromatic rings. The van der Waals surface area contributed by atoms with Gasteiger partial charge in [0.15, 0.2) is 5.82 Å². The standard InChI is InChI=1S/C23H23ClFN5O/c1-4-22(31)26-17-6-5-7-18(13-17)27-23-20(24)10-11-21(28-23)30-29-15(3)19-9-8-16(25)12-14(19)2/h4-14,19H,1H2,2-3H3,(H,26,31)(H2,27,28,30)/b29-15+. The molecule has 2 unspecified atom stereocenters. The normalized spacial score (nSPS) is 18.2. The van der Waals surface area contributed by atoms with Crippen LogP contribution in [0.5, 0.6) is 0 Å². The van der Waals surface area contributed by atoms with Crippen molar-refractivity contribution in [2.24, 2.45) is 16.9 Å². The van der Waals surface area contributed by atoms with Gasteiger partial charge in [-0.25, -0.2) is 9.37 Å². The van der Waals surface area contributed by atoms with Gasteiger partial charge in [0.1, 0.15) is 11.6 Å². The van der Waals surface area contributed by atoms with E-state index in [9.17, 15) is 9.18 Å². The molecule has 0 bridgehead atoms. The zero-order chi connectivity index (χ0) is 22.4. The SMILES string of the molecule is C=CC(=O)Nc1cccc(Nc2nc(N/N=C(\C)C3C=CC(F)=CC3C)ccc2Cl)c1. The predicted molar refractivity (Wildman–Crippen MR) is 126 cm³/mol. The van der Waals surface area contributed by atoms with Crippen molar-refractivity contribution in [2.45, 2.75) is 13.8 Å². The zero-order valence-electron chi connectivity index (χ0n) is 17.2. The molecule has 1 heterocycles. The average molecular weight is 440 g/mol. The Morgan fingerprint density at radius 2 is 2.06 bits per heavy atom. The van der Waals surface area contributed by atoms with Crippen LogP contribution in [-0.4, -0.2) is 16.6 Å². The van der Waals surface area contributed by atoms with E-state index in [1.54, 1.807) is 42.5 Å². The number of rotatable bonds is 7. The number of amides is 1. The number of aromatic nitrogens is 1. The number of benzene rings is 1. The molecule has 2 atom stereocenters. The number of anilines is 4. The lowest BCUT2D eigenvalue weighted by Gasteiger charge is -2.20. The summed E-state index contributed by atoms with van der Waals surface area (Å²) in [6.45, 7) is 7.27. The van der Waals surface area contributed by atoms with E-state index in [0.29, 0.717) is 28.0 Å². The molecule has 6 nitrogen and oxygen atoms in total. The molecule has 1 aromatic carbocycles. The molecule has 3 N–H and O–H groups in total. The van der Waals surface area contributed by atoms with Gasteiger partial charge in [-0.3, -0.25) is 10.2 Å². The van der Waals surface area contributed by atoms with Crippen LogP contribution < -0.4 is 16.1 Å². The second-order valence-electron chi connectivity index (χ2n) is 7.09. The fourth-order valence-corrected chi connectivity index (χ4v) is 3.27. The van der Waals surface area contributed by atoms with Crippen molar-refractivity contribution >= 4 is 46.2 Å². The summed E-state index contributed by atoms with van der Waals surface area (Å²) in [5.41, 5.74) is 5.05. The van der Waals surface area contributed by atoms with E-state index in [4.69, 9.17) is 11.6 Å². The van der Waals surface area contributed by atoms with Gasteiger partial charge in [-0.2, -0.15) is 5.10 Å². The van der Waals surface area contributed by atoms with E-state index in [1.165, 1.54) is 12.2 Å². The van der Waals surface area contributed by atoms with Crippen LogP contribution in [-0.2, 0) is 4.79 Å². The predicted octanol–water partition coefficient (Wildman–Crippen LogP) is 6.07. The molecule has 1 aromatic heterocycles. The highest BCUT2D eigenvalue weighted by molar-refractivity contribution is 6.33. The third-order valence-corrected chi connectivity index (χ3v) is 5.01. The molecule has 31 heavy (non-hydrogen) atoms. The number of hydrazone groups is 1. The van der Waals surface area contributed by atoms with Gasteiger partial charge in [-0.1, -0.05) is 37.2 Å². The second-order valence-corrected chi connectivity index (χ2v) is 7.49. The minimum Gasteiger partial charge on any atom is -0.339 e. The molecule has 160 valence electrons. The summed E-state index contributed by atoms with van der Waals surface area (Å²) in [4.78, 5) is 16.0. The molecule has 0 saturated heterocycles. The van der Waals surface area contributed by atoms with E-state index in [1.807, 2.05) is 19.9 Å². The summed E-state index contributed by atoms with van der Waals surface area (Å²) < 4.78 is 13.4. The van der Waals surface area contributed by atoms with Crippen molar-refractivity contribution in [3.63, 3.8) is 0 Å². The number of nitrogens with zero attached hydrogens (tertiary/aromatic N) is 2. The topological polar surface area (TPSA) is 78.4 Å². The Kier molecular flexibility index (Phi) is 7.20. The Balaban J connectivity index is 1.72. The fraction of sp³-hybridized carbons (Fsp3) is 0.174. The molecule has 0 spiro atoms. The Bertz CT molecular complexity index is 1080. The molecule has 1 amide bonds. The maximum atomic E-state index is 13.4. The quantitative estimate of drug-likeness (QED) is 0.278. The minimum atomic E-state index is -0.298. The molecule has 1 aliphatic rings. The number of carbonyl (C=O) groups is 1. The average Bonchev–Trinajstić information content (AvgIpc) is 2.74. The maximum absolute atomic E-state index is 13.4. The van der Waals surface area contributed by atoms with Gasteiger partial charge < -0.3 is 10.6 Å². The second kappa shape index (κ2) is 10.0. The molecule has 0 aliphatic heterocycles. The fourth-order valence-electron chi connectivity index (χ4n) is 3.12. The molecular weight excluding hydrogens is 417 g/mol. The summed E-state index contributed by atoms with van der Waals surface area (Å²) in [6.07, 6.45) is 6.05. The van der Waals surface area contributed by atoms with Gasteiger partial charge in [0.05, 0.1) is 5.02 Å². The summed E-state index contributed by atoms with van der Waals surface area (Å²) >= 11 is 6.29. The Hall–Kier alpha value is -3.45. The van der Waals surface area contributed by atoms with E-state index >= 15 is 0 Å². The number of hydrogen-bond acceptors (Lipinski definition) is 5. The first-order valence-corrected chi connectivity index (χ1v) is 10.1. The van der Waals surface area contributed by atoms with Gasteiger partial charge in [0.2, 0.25) is 5.91 Å². The third-order valence-electron chi connectivity index (χ3n) is 4.70. The molecular formula is C23H23ClFN5O. The van der Waals surface area contributed by atoms with Crippen molar-refractivity contribution in [3.05, 3.63) is 78.1 Å². The Morgan fingerprint density at radius 3 is 2.81 bits per heavy atom. The van der Waals surface area contributed by atoms with Crippen LogP contribution in [0.1, 0.15) is 13.8 Å². The van der Waals surface area contributed by atoms with Crippen LogP contribution in [0, 0.1) is 11.8 Å². The van der Waals surface area contributed by atoms with Gasteiger partial charge >= 0.3 is 0 Å². The number of allylic oxidation sites excluding steroid dienone is 4. The summed E-state index contributed by atoms with van der Waals surface area (Å²) in [6, 6.07) is 10.6. The largest absolute Gasteiger partial charge is 0.339 e. The number of hydrogen-bond donors (Lipinski definition) is 3. The Labute approximate surface area is 185 Å². The van der Waals surface area contributed by atoms with E-state index in [0.717, 1.165) is 5.71 Å². The van der Waals surface area contributed by atoms with Crippen LogP contribution in [0.4, 0.5) is 27.4 Å². The highest BCUT2D eigenvalue weighted by atomic mass is 35.5. The first kappa shape index (κ1) is 22.2. The summed E-state index contributed by atoms with van der Waals surface area (Å²) in [7, 11) is 0. The number of carbonyl (C=O) groups excluding carboxylic acids is 1. The molecule has 0 saturated carbocycles. The van der Waals surface area contributed by atoms with Crippen LogP contribution in [0.15, 0.2) is 78.2 Å². The van der Waals surface area contributed by atoms with Crippen molar-refractivity contribution in [1.82, 2.24) is 4.98 Å². The van der Waals surface area contributed by atoms with E-state index in [-0.39, 0.29) is 23.6 Å². The van der Waals surface area contributed by atoms with Crippen LogP contribution in [0.2, 0.25) is 5.02 Å². The molecule has 3 rings (SSSR count). The highest BCUT2D eigenvalue weighted by Crippen LogP contribution is 2.27. The zero-order valence-corrected chi connectivity index (χ0v) is 17.9. The van der Waals surface area contributed by atoms with E-state index < -0.39 is 0 Å². The number of halogens is 2. The van der Waals surface area contributed by atoms with Crippen LogP contribution in [0.3, 0.4) is 0 Å². The molecule has 0 fully saturated rings. The van der Waals surface area contributed by atoms with Gasteiger partial charge in [-0.05, 0) is 61.4 Å². The third kappa shape index (κ3) is 6.02. The van der Waals surface area contributed by atoms with Crippen molar-refractivity contribution in [2.75, 3.05) is 16.1 Å². The number of pyridine rings is 1. The molecule has 1 aliphatic carbocycles. The summed E-state index contributed by atoms with van der Waals surface area (Å²) in [5, 5.41) is 10.7. The smallest absolute Gasteiger partial charge is 0.247 e. The van der Waals surface area contributed by atoms with Gasteiger partial charge in [0.25, 0.3) is 0 Å². The maximum Gasteiger partial charge on any atom is 0.247 e. The van der Waals surface area contributed by atoms with Crippen LogP contribution >= 0.6 is 11.6 Å². The molecule has 8 heteroatoms. The van der Waals surface area contributed by atoms with Crippen molar-refractivity contribution < 1.29 is 9.18 Å². The summed E-state index contributed by atoms with van der Waals surface area (Å²) in [5.74, 6) is 0.421. The molecule has 0 radical (unpaired) electrons. The first-order valence-electron chi connectivity index (χ1n) is 9.68. The lowest BCUT2D eigenvalue weighted by atomic mass is 9.86. The van der Waals surface area contributed by atoms with Gasteiger partial charge in [-0.15, -0.1) is 0 Å². The monoisotopic (exact) mass is 439 g/mol. The number of nitrogens with one attached hydrogen (secondary N) is 3. The first-order chi connectivity index (χ1) is 14.9. The Morgan fingerprint density at radius 1 is 1.29 bits per heavy atom. The minimum absolute atomic E-state index is 0.00501. The van der Waals surface area contributed by atoms with Gasteiger partial charge in [0, 0.05) is 23.0 Å². The lowest BCUT2D eigenvalue weighted by molar-refractivity contribution is -0.111. The van der Waals surface area contributed by atoms with Crippen molar-refractivity contribution in [1.29, 1.82) is 0 Å². The lowest BCUT2D eigenvalue weighted by Crippen LogP contribution is -2.19. The van der Waals surface area contributed by atoms with Crippen molar-refractivity contribution in [3.8, 4) is 0 Å².